The Hall–Kier alpha value is -2.97. The van der Waals surface area contributed by atoms with Crippen molar-refractivity contribution in [2.24, 2.45) is 0 Å². The Morgan fingerprint density at radius 1 is 1.14 bits per heavy atom. The number of halogens is 3. The zero-order chi connectivity index (χ0) is 20.8. The highest BCUT2D eigenvalue weighted by atomic mass is 19.4. The Balaban J connectivity index is 2.30. The van der Waals surface area contributed by atoms with Crippen molar-refractivity contribution >= 4 is 33.9 Å². The summed E-state index contributed by atoms with van der Waals surface area (Å²) < 4.78 is 40.8. The maximum Gasteiger partial charge on any atom is 0.405 e. The van der Waals surface area contributed by atoms with Crippen molar-refractivity contribution in [3.63, 3.8) is 0 Å². The third kappa shape index (κ3) is 3.32. The molecule has 0 bridgehead atoms. The first-order chi connectivity index (χ1) is 13.0. The average molecular weight is 394 g/mol. The second kappa shape index (κ2) is 6.88. The fourth-order valence-corrected chi connectivity index (χ4v) is 3.35. The molecule has 0 saturated heterocycles. The smallest absolute Gasteiger partial charge is 0.342 e. The topological polar surface area (TPSA) is 59.3 Å². The van der Waals surface area contributed by atoms with Crippen molar-refractivity contribution in [2.75, 3.05) is 20.6 Å². The molecule has 0 aliphatic rings. The number of hydrogen-bond donors (Lipinski definition) is 1. The number of rotatable bonds is 3. The van der Waals surface area contributed by atoms with Crippen LogP contribution in [-0.2, 0) is 0 Å². The summed E-state index contributed by atoms with van der Waals surface area (Å²) in [5.74, 6) is -0.955. The van der Waals surface area contributed by atoms with Crippen LogP contribution in [0.3, 0.4) is 0 Å². The van der Waals surface area contributed by atoms with Crippen molar-refractivity contribution in [1.82, 2.24) is 19.4 Å². The second-order valence-corrected chi connectivity index (χ2v) is 7.05. The van der Waals surface area contributed by atoms with Crippen molar-refractivity contribution in [2.45, 2.75) is 26.1 Å². The lowest BCUT2D eigenvalue weighted by Gasteiger charge is -2.15. The molecule has 0 fully saturated rings. The number of alkyl halides is 3. The van der Waals surface area contributed by atoms with Gasteiger partial charge in [0.25, 0.3) is 5.91 Å². The number of aromatic nitrogens is 2. The molecule has 28 heavy (non-hydrogen) atoms. The molecule has 0 spiro atoms. The Morgan fingerprint density at radius 2 is 1.79 bits per heavy atom. The number of carbonyl (C=O) groups is 2. The molecule has 2 amide bonds. The predicted octanol–water partition coefficient (Wildman–Crippen LogP) is 4.00. The molecule has 0 unspecified atom stereocenters. The first-order valence-corrected chi connectivity index (χ1v) is 8.74. The van der Waals surface area contributed by atoms with E-state index in [2.05, 4.69) is 0 Å². The zero-order valence-corrected chi connectivity index (χ0v) is 16.0. The van der Waals surface area contributed by atoms with Gasteiger partial charge in [-0.25, -0.2) is 4.79 Å². The van der Waals surface area contributed by atoms with Crippen LogP contribution in [0.2, 0.25) is 0 Å². The molecule has 2 heterocycles. The van der Waals surface area contributed by atoms with Gasteiger partial charge in [-0.1, -0.05) is 18.2 Å². The molecule has 150 valence electrons. The van der Waals surface area contributed by atoms with Crippen molar-refractivity contribution < 1.29 is 22.8 Å². The van der Waals surface area contributed by atoms with Gasteiger partial charge in [-0.15, -0.1) is 0 Å². The SMILES string of the molecule is CC(C)n1c2ccccc2c2c1cc(C(=O)NCC(F)(F)F)n2C(=O)N(C)C. The van der Waals surface area contributed by atoms with Crippen molar-refractivity contribution in [1.29, 1.82) is 0 Å². The lowest BCUT2D eigenvalue weighted by atomic mass is 10.2. The molecule has 9 heteroatoms. The number of para-hydroxylation sites is 1. The van der Waals surface area contributed by atoms with E-state index in [4.69, 9.17) is 0 Å². The Labute approximate surface area is 159 Å². The van der Waals surface area contributed by atoms with Gasteiger partial charge in [-0.05, 0) is 26.0 Å². The lowest BCUT2D eigenvalue weighted by molar-refractivity contribution is -0.123. The zero-order valence-electron chi connectivity index (χ0n) is 16.0. The fourth-order valence-electron chi connectivity index (χ4n) is 3.35. The Kier molecular flexibility index (Phi) is 4.86. The van der Waals surface area contributed by atoms with E-state index in [0.717, 1.165) is 10.9 Å². The minimum absolute atomic E-state index is 0.0128. The molecule has 0 atom stereocenters. The van der Waals surface area contributed by atoms with Crippen LogP contribution in [0.1, 0.15) is 30.4 Å². The fraction of sp³-hybridized carbons (Fsp3) is 0.368. The number of amides is 2. The van der Waals surface area contributed by atoms with Gasteiger partial charge < -0.3 is 14.8 Å². The standard InChI is InChI=1S/C19H21F3N4O2/c1-11(2)25-13-8-6-5-7-12(13)16-14(25)9-15(26(16)18(28)24(3)4)17(27)23-10-19(20,21)22/h5-9,11H,10H2,1-4H3,(H,23,27). The molecular weight excluding hydrogens is 373 g/mol. The van der Waals surface area contributed by atoms with Gasteiger partial charge in [-0.3, -0.25) is 9.36 Å². The summed E-state index contributed by atoms with van der Waals surface area (Å²) in [6, 6.07) is 8.39. The van der Waals surface area contributed by atoms with Gasteiger partial charge in [0.1, 0.15) is 12.2 Å². The van der Waals surface area contributed by atoms with Crippen molar-refractivity contribution in [3.8, 4) is 0 Å². The molecule has 1 N–H and O–H groups in total. The summed E-state index contributed by atoms with van der Waals surface area (Å²) >= 11 is 0. The van der Waals surface area contributed by atoms with E-state index in [1.54, 1.807) is 0 Å². The molecule has 3 aromatic rings. The quantitative estimate of drug-likeness (QED) is 0.730. The maximum absolute atomic E-state index is 12.8. The van der Waals surface area contributed by atoms with Crippen LogP contribution >= 0.6 is 0 Å². The van der Waals surface area contributed by atoms with Crippen LogP contribution in [0.15, 0.2) is 30.3 Å². The number of fused-ring (bicyclic) bond motifs is 3. The lowest BCUT2D eigenvalue weighted by Crippen LogP contribution is -2.37. The summed E-state index contributed by atoms with van der Waals surface area (Å²) in [4.78, 5) is 26.6. The highest BCUT2D eigenvalue weighted by Gasteiger charge is 2.31. The van der Waals surface area contributed by atoms with Crippen LogP contribution in [0.4, 0.5) is 18.0 Å². The molecule has 0 saturated carbocycles. The highest BCUT2D eigenvalue weighted by molar-refractivity contribution is 6.14. The second-order valence-electron chi connectivity index (χ2n) is 7.05. The van der Waals surface area contributed by atoms with Gasteiger partial charge in [0.2, 0.25) is 0 Å². The number of carbonyl (C=O) groups excluding carboxylic acids is 2. The first-order valence-electron chi connectivity index (χ1n) is 8.74. The summed E-state index contributed by atoms with van der Waals surface area (Å²) in [6.45, 7) is 2.45. The van der Waals surface area contributed by atoms with E-state index in [1.165, 1.54) is 29.6 Å². The molecule has 1 aromatic carbocycles. The predicted molar refractivity (Wildman–Crippen MR) is 101 cm³/mol. The number of hydrogen-bond acceptors (Lipinski definition) is 2. The van der Waals surface area contributed by atoms with E-state index in [9.17, 15) is 22.8 Å². The third-order valence-electron chi connectivity index (χ3n) is 4.43. The Morgan fingerprint density at radius 3 is 2.36 bits per heavy atom. The van der Waals surface area contributed by atoms with Crippen LogP contribution in [0, 0.1) is 0 Å². The molecule has 0 radical (unpaired) electrons. The minimum Gasteiger partial charge on any atom is -0.342 e. The first kappa shape index (κ1) is 19.8. The maximum atomic E-state index is 12.8. The van der Waals surface area contributed by atoms with Gasteiger partial charge in [0.05, 0.1) is 16.6 Å². The van der Waals surface area contributed by atoms with E-state index >= 15 is 0 Å². The van der Waals surface area contributed by atoms with Gasteiger partial charge in [-0.2, -0.15) is 13.2 Å². The Bertz CT molecular complexity index is 1060. The van der Waals surface area contributed by atoms with Crippen LogP contribution in [0.25, 0.3) is 21.9 Å². The minimum atomic E-state index is -4.54. The third-order valence-corrected chi connectivity index (χ3v) is 4.43. The van der Waals surface area contributed by atoms with Crippen LogP contribution in [0.5, 0.6) is 0 Å². The molecule has 0 aliphatic carbocycles. The van der Waals surface area contributed by atoms with E-state index in [0.29, 0.717) is 11.0 Å². The summed E-state index contributed by atoms with van der Waals surface area (Å²) in [5, 5.41) is 2.60. The van der Waals surface area contributed by atoms with E-state index in [-0.39, 0.29) is 11.7 Å². The van der Waals surface area contributed by atoms with Gasteiger partial charge in [0.15, 0.2) is 0 Å². The molecular formula is C19H21F3N4O2. The van der Waals surface area contributed by atoms with E-state index in [1.807, 2.05) is 48.0 Å². The van der Waals surface area contributed by atoms with Crippen molar-refractivity contribution in [3.05, 3.63) is 36.0 Å². The summed E-state index contributed by atoms with van der Waals surface area (Å²) in [7, 11) is 3.04. The van der Waals surface area contributed by atoms with Gasteiger partial charge >= 0.3 is 12.2 Å². The van der Waals surface area contributed by atoms with Crippen LogP contribution in [-0.4, -0.2) is 52.8 Å². The molecule has 0 aliphatic heterocycles. The molecule has 3 rings (SSSR count). The number of nitrogens with zero attached hydrogens (tertiary/aromatic N) is 3. The monoisotopic (exact) mass is 394 g/mol. The molecule has 6 nitrogen and oxygen atoms in total. The summed E-state index contributed by atoms with van der Waals surface area (Å²) in [5.41, 5.74) is 1.86. The summed E-state index contributed by atoms with van der Waals surface area (Å²) in [6.07, 6.45) is -4.54. The molecule has 2 aromatic heterocycles. The van der Waals surface area contributed by atoms with E-state index < -0.39 is 24.7 Å². The number of nitrogens with one attached hydrogen (secondary N) is 1. The van der Waals surface area contributed by atoms with Crippen LogP contribution < -0.4 is 5.32 Å². The number of benzene rings is 1. The van der Waals surface area contributed by atoms with Gasteiger partial charge in [0, 0.05) is 25.5 Å². The normalized spacial score (nSPS) is 12.1. The highest BCUT2D eigenvalue weighted by Crippen LogP contribution is 2.34. The largest absolute Gasteiger partial charge is 0.405 e. The average Bonchev–Trinajstić information content (AvgIpc) is 3.12.